The summed E-state index contributed by atoms with van der Waals surface area (Å²) in [7, 11) is 3.42. The number of hydrogen-bond donors (Lipinski definition) is 1. The van der Waals surface area contributed by atoms with Gasteiger partial charge in [-0.25, -0.2) is 9.50 Å². The molecule has 0 aliphatic carbocycles. The predicted octanol–water partition coefficient (Wildman–Crippen LogP) is 3.02. The molecule has 0 saturated heterocycles. The van der Waals surface area contributed by atoms with Crippen LogP contribution in [0.15, 0.2) is 41.3 Å². The molecule has 4 aromatic rings. The minimum atomic E-state index is -0.397. The standard InChI is InChI=1S/C24H27N7O3/c1-14-9-15(19-18-10-17(22(33)30(5)6)12-31(18)27-13-26-19)7-8-16(14)11-25-21(32)20-28-23(34-29-20)24(2,3)4/h7-10,12-13H,11H2,1-6H3,(H,25,32). The normalized spacial score (nSPS) is 11.6. The molecule has 176 valence electrons. The van der Waals surface area contributed by atoms with Gasteiger partial charge in [-0.15, -0.1) is 0 Å². The molecule has 0 unspecified atom stereocenters. The Hall–Kier alpha value is -4.08. The predicted molar refractivity (Wildman–Crippen MR) is 125 cm³/mol. The Morgan fingerprint density at radius 2 is 1.94 bits per heavy atom. The molecule has 2 amide bonds. The number of benzene rings is 1. The summed E-state index contributed by atoms with van der Waals surface area (Å²) < 4.78 is 6.85. The molecule has 4 rings (SSSR count). The lowest BCUT2D eigenvalue weighted by molar-refractivity contribution is 0.0827. The Balaban J connectivity index is 1.53. The van der Waals surface area contributed by atoms with Crippen molar-refractivity contribution in [3.8, 4) is 11.3 Å². The number of nitrogens with zero attached hydrogens (tertiary/aromatic N) is 6. The highest BCUT2D eigenvalue weighted by Crippen LogP contribution is 2.26. The number of amides is 2. The monoisotopic (exact) mass is 461 g/mol. The third-order valence-corrected chi connectivity index (χ3v) is 5.39. The highest BCUT2D eigenvalue weighted by molar-refractivity contribution is 5.96. The molecule has 0 bridgehead atoms. The van der Waals surface area contributed by atoms with Crippen molar-refractivity contribution in [2.75, 3.05) is 14.1 Å². The third-order valence-electron chi connectivity index (χ3n) is 5.39. The van der Waals surface area contributed by atoms with Gasteiger partial charge in [0.05, 0.1) is 16.8 Å². The fourth-order valence-corrected chi connectivity index (χ4v) is 3.44. The molecule has 3 aromatic heterocycles. The Labute approximate surface area is 197 Å². The van der Waals surface area contributed by atoms with Gasteiger partial charge in [-0.3, -0.25) is 9.59 Å². The molecule has 10 heteroatoms. The van der Waals surface area contributed by atoms with Crippen molar-refractivity contribution in [3.05, 3.63) is 65.2 Å². The van der Waals surface area contributed by atoms with Gasteiger partial charge in [0.15, 0.2) is 0 Å². The van der Waals surface area contributed by atoms with E-state index in [1.54, 1.807) is 30.9 Å². The van der Waals surface area contributed by atoms with Gasteiger partial charge >= 0.3 is 0 Å². The fraction of sp³-hybridized carbons (Fsp3) is 0.333. The van der Waals surface area contributed by atoms with E-state index in [1.165, 1.54) is 11.2 Å². The molecular weight excluding hydrogens is 434 g/mol. The van der Waals surface area contributed by atoms with Crippen LogP contribution in [0.25, 0.3) is 16.8 Å². The first-order valence-electron chi connectivity index (χ1n) is 10.8. The van der Waals surface area contributed by atoms with Crippen LogP contribution in [-0.2, 0) is 12.0 Å². The van der Waals surface area contributed by atoms with E-state index in [9.17, 15) is 9.59 Å². The molecule has 0 saturated carbocycles. The summed E-state index contributed by atoms with van der Waals surface area (Å²) in [6.07, 6.45) is 3.16. The minimum Gasteiger partial charge on any atom is -0.345 e. The average Bonchev–Trinajstić information content (AvgIpc) is 3.44. The van der Waals surface area contributed by atoms with Crippen LogP contribution in [0.1, 0.15) is 58.8 Å². The summed E-state index contributed by atoms with van der Waals surface area (Å²) in [5.41, 5.74) is 4.47. The first kappa shape index (κ1) is 23.1. The lowest BCUT2D eigenvalue weighted by atomic mass is 9.97. The Morgan fingerprint density at radius 1 is 1.18 bits per heavy atom. The smallest absolute Gasteiger partial charge is 0.292 e. The van der Waals surface area contributed by atoms with Gasteiger partial charge in [0.25, 0.3) is 17.6 Å². The van der Waals surface area contributed by atoms with E-state index in [0.717, 1.165) is 22.2 Å². The summed E-state index contributed by atoms with van der Waals surface area (Å²) in [5, 5.41) is 10.9. The van der Waals surface area contributed by atoms with Crippen molar-refractivity contribution in [1.82, 2.24) is 35.0 Å². The lowest BCUT2D eigenvalue weighted by Crippen LogP contribution is -2.24. The Kier molecular flexibility index (Phi) is 5.90. The maximum absolute atomic E-state index is 12.5. The van der Waals surface area contributed by atoms with E-state index in [1.807, 2.05) is 45.9 Å². The quantitative estimate of drug-likeness (QED) is 0.485. The second-order valence-electron chi connectivity index (χ2n) is 9.36. The fourth-order valence-electron chi connectivity index (χ4n) is 3.44. The van der Waals surface area contributed by atoms with Gasteiger partial charge in [0.1, 0.15) is 6.33 Å². The summed E-state index contributed by atoms with van der Waals surface area (Å²) in [4.78, 5) is 35.0. The zero-order valence-electron chi connectivity index (χ0n) is 20.1. The van der Waals surface area contributed by atoms with Crippen molar-refractivity contribution in [3.63, 3.8) is 0 Å². The zero-order valence-corrected chi connectivity index (χ0v) is 20.1. The lowest BCUT2D eigenvalue weighted by Gasteiger charge is -2.10. The molecular formula is C24H27N7O3. The van der Waals surface area contributed by atoms with Crippen molar-refractivity contribution >= 4 is 17.3 Å². The van der Waals surface area contributed by atoms with Crippen molar-refractivity contribution in [2.45, 2.75) is 39.7 Å². The third kappa shape index (κ3) is 4.52. The number of carbonyl (C=O) groups excluding carboxylic acids is 2. The Bertz CT molecular complexity index is 1380. The van der Waals surface area contributed by atoms with E-state index in [2.05, 4.69) is 25.5 Å². The topological polar surface area (TPSA) is 119 Å². The molecule has 0 spiro atoms. The highest BCUT2D eigenvalue weighted by atomic mass is 16.5. The van der Waals surface area contributed by atoms with Crippen LogP contribution in [0, 0.1) is 6.92 Å². The van der Waals surface area contributed by atoms with E-state index in [4.69, 9.17) is 4.52 Å². The van der Waals surface area contributed by atoms with Crippen LogP contribution in [0.4, 0.5) is 0 Å². The van der Waals surface area contributed by atoms with Crippen LogP contribution in [0.2, 0.25) is 0 Å². The van der Waals surface area contributed by atoms with Crippen molar-refractivity contribution in [1.29, 1.82) is 0 Å². The SMILES string of the molecule is Cc1cc(-c2ncnn3cc(C(=O)N(C)C)cc23)ccc1CNC(=O)c1noc(C(C)(C)C)n1. The van der Waals surface area contributed by atoms with E-state index in [-0.39, 0.29) is 17.1 Å². The average molecular weight is 462 g/mol. The van der Waals surface area contributed by atoms with Crippen LogP contribution >= 0.6 is 0 Å². The molecule has 10 nitrogen and oxygen atoms in total. The van der Waals surface area contributed by atoms with Gasteiger partial charge in [-0.2, -0.15) is 10.1 Å². The number of rotatable bonds is 5. The van der Waals surface area contributed by atoms with Crippen LogP contribution in [0.5, 0.6) is 0 Å². The maximum Gasteiger partial charge on any atom is 0.292 e. The molecule has 34 heavy (non-hydrogen) atoms. The van der Waals surface area contributed by atoms with Gasteiger partial charge in [0, 0.05) is 37.8 Å². The number of aromatic nitrogens is 5. The largest absolute Gasteiger partial charge is 0.345 e. The molecule has 3 heterocycles. The van der Waals surface area contributed by atoms with Crippen LogP contribution < -0.4 is 5.32 Å². The summed E-state index contributed by atoms with van der Waals surface area (Å²) >= 11 is 0. The molecule has 0 aliphatic rings. The van der Waals surface area contributed by atoms with Gasteiger partial charge in [0.2, 0.25) is 5.89 Å². The number of nitrogens with one attached hydrogen (secondary N) is 1. The van der Waals surface area contributed by atoms with Gasteiger partial charge in [-0.1, -0.05) is 38.1 Å². The first-order chi connectivity index (χ1) is 16.0. The van der Waals surface area contributed by atoms with E-state index in [0.29, 0.717) is 23.7 Å². The van der Waals surface area contributed by atoms with Crippen molar-refractivity contribution < 1.29 is 14.1 Å². The van der Waals surface area contributed by atoms with Gasteiger partial charge in [-0.05, 0) is 30.2 Å². The van der Waals surface area contributed by atoms with E-state index >= 15 is 0 Å². The molecule has 1 N–H and O–H groups in total. The van der Waals surface area contributed by atoms with E-state index < -0.39 is 5.91 Å². The maximum atomic E-state index is 12.5. The molecule has 0 radical (unpaired) electrons. The Morgan fingerprint density at radius 3 is 2.59 bits per heavy atom. The van der Waals surface area contributed by atoms with Crippen molar-refractivity contribution in [2.24, 2.45) is 0 Å². The number of hydrogen-bond acceptors (Lipinski definition) is 7. The minimum absolute atomic E-state index is 0.0129. The zero-order chi connectivity index (χ0) is 24.6. The van der Waals surface area contributed by atoms with Gasteiger partial charge < -0.3 is 14.7 Å². The summed E-state index contributed by atoms with van der Waals surface area (Å²) in [6, 6.07) is 7.66. The number of fused-ring (bicyclic) bond motifs is 1. The molecule has 0 aliphatic heterocycles. The number of carbonyl (C=O) groups is 2. The second kappa shape index (κ2) is 8.69. The second-order valence-corrected chi connectivity index (χ2v) is 9.36. The van der Waals surface area contributed by atoms with Crippen LogP contribution in [-0.4, -0.2) is 55.5 Å². The highest BCUT2D eigenvalue weighted by Gasteiger charge is 2.24. The molecule has 0 atom stereocenters. The summed E-state index contributed by atoms with van der Waals surface area (Å²) in [6.45, 7) is 8.10. The molecule has 1 aromatic carbocycles. The number of aryl methyl sites for hydroxylation is 1. The summed E-state index contributed by atoms with van der Waals surface area (Å²) in [5.74, 6) is -0.0736. The first-order valence-corrected chi connectivity index (χ1v) is 10.8. The molecule has 0 fully saturated rings. The van der Waals surface area contributed by atoms with Crippen LogP contribution in [0.3, 0.4) is 0 Å².